The van der Waals surface area contributed by atoms with Gasteiger partial charge in [-0.2, -0.15) is 0 Å². The normalized spacial score (nSPS) is 20.8. The highest BCUT2D eigenvalue weighted by Crippen LogP contribution is 2.29. The van der Waals surface area contributed by atoms with Gasteiger partial charge in [0.25, 0.3) is 0 Å². The smallest absolute Gasteiger partial charge is 0.341 e. The van der Waals surface area contributed by atoms with Crippen molar-refractivity contribution in [2.24, 2.45) is 5.92 Å². The second-order valence-corrected chi connectivity index (χ2v) is 5.41. The van der Waals surface area contributed by atoms with Gasteiger partial charge >= 0.3 is 11.9 Å². The Morgan fingerprint density at radius 1 is 1.17 bits per heavy atom. The zero-order chi connectivity index (χ0) is 17.0. The predicted molar refractivity (Wildman–Crippen MR) is 76.3 cm³/mol. The van der Waals surface area contributed by atoms with E-state index >= 15 is 0 Å². The maximum absolute atomic E-state index is 13.6. The number of halogens is 2. The summed E-state index contributed by atoms with van der Waals surface area (Å²) in [5.41, 5.74) is -0.997. The summed E-state index contributed by atoms with van der Waals surface area (Å²) in [5.74, 6) is -4.46. The number of esters is 1. The van der Waals surface area contributed by atoms with Crippen molar-refractivity contribution < 1.29 is 33.0 Å². The van der Waals surface area contributed by atoms with Crippen molar-refractivity contribution >= 4 is 11.9 Å². The lowest BCUT2D eigenvalue weighted by Crippen LogP contribution is -2.29. The van der Waals surface area contributed by atoms with Crippen LogP contribution in [0.4, 0.5) is 8.78 Å². The Morgan fingerprint density at radius 3 is 2.22 bits per heavy atom. The van der Waals surface area contributed by atoms with Crippen molar-refractivity contribution in [2.45, 2.75) is 38.7 Å². The lowest BCUT2D eigenvalue weighted by molar-refractivity contribution is -0.149. The number of aromatic carboxylic acids is 1. The van der Waals surface area contributed by atoms with Crippen LogP contribution in [0.2, 0.25) is 0 Å². The molecule has 0 bridgehead atoms. The molecule has 23 heavy (non-hydrogen) atoms. The quantitative estimate of drug-likeness (QED) is 0.841. The molecule has 0 aromatic heterocycles. The molecule has 2 rings (SSSR count). The Bertz CT molecular complexity index is 571. The molecule has 0 aliphatic heterocycles. The maximum atomic E-state index is 13.6. The Morgan fingerprint density at radius 2 is 1.74 bits per heavy atom. The number of carbonyl (C=O) groups excluding carboxylic acids is 1. The monoisotopic (exact) mass is 328 g/mol. The van der Waals surface area contributed by atoms with Gasteiger partial charge < -0.3 is 14.6 Å². The average molecular weight is 328 g/mol. The molecule has 1 fully saturated rings. The highest BCUT2D eigenvalue weighted by molar-refractivity contribution is 5.88. The first-order valence-electron chi connectivity index (χ1n) is 7.48. The molecule has 0 spiro atoms. The lowest BCUT2D eigenvalue weighted by Gasteiger charge is -2.27. The van der Waals surface area contributed by atoms with Crippen molar-refractivity contribution in [3.63, 3.8) is 0 Å². The fourth-order valence-electron chi connectivity index (χ4n) is 2.69. The summed E-state index contributed by atoms with van der Waals surface area (Å²) < 4.78 is 37.7. The van der Waals surface area contributed by atoms with Crippen molar-refractivity contribution in [1.29, 1.82) is 0 Å². The molecule has 0 atom stereocenters. The Kier molecular flexibility index (Phi) is 5.52. The summed E-state index contributed by atoms with van der Waals surface area (Å²) in [5, 5.41) is 8.72. The Balaban J connectivity index is 1.97. The van der Waals surface area contributed by atoms with Crippen molar-refractivity contribution in [3.8, 4) is 5.75 Å². The van der Waals surface area contributed by atoms with Crippen LogP contribution >= 0.6 is 0 Å². The highest BCUT2D eigenvalue weighted by Gasteiger charge is 2.28. The molecule has 1 saturated carbocycles. The first-order valence-corrected chi connectivity index (χ1v) is 7.48. The van der Waals surface area contributed by atoms with Gasteiger partial charge in [-0.25, -0.2) is 13.6 Å². The van der Waals surface area contributed by atoms with Crippen molar-refractivity contribution in [2.75, 3.05) is 6.61 Å². The largest absolute Gasteiger partial charge is 0.490 e. The standard InChI is InChI=1S/C16H18F2O5/c1-2-22-16(21)9-3-5-10(6-4-9)23-11-7-12(17)14(15(19)20)13(18)8-11/h7-10H,2-6H2,1H3,(H,19,20)/t9-,10+. The number of hydrogen-bond acceptors (Lipinski definition) is 4. The Hall–Kier alpha value is -2.18. The van der Waals surface area contributed by atoms with E-state index in [1.54, 1.807) is 6.92 Å². The van der Waals surface area contributed by atoms with Crippen LogP contribution in [0.3, 0.4) is 0 Å². The number of benzene rings is 1. The van der Waals surface area contributed by atoms with E-state index in [2.05, 4.69) is 0 Å². The first kappa shape index (κ1) is 17.2. The van der Waals surface area contributed by atoms with Gasteiger partial charge in [-0.1, -0.05) is 0 Å². The third-order valence-electron chi connectivity index (χ3n) is 3.83. The molecular formula is C16H18F2O5. The molecular weight excluding hydrogens is 310 g/mol. The minimum absolute atomic E-state index is 0.0513. The minimum atomic E-state index is -1.67. The topological polar surface area (TPSA) is 72.8 Å². The zero-order valence-electron chi connectivity index (χ0n) is 12.7. The van der Waals surface area contributed by atoms with Crippen LogP contribution in [0.1, 0.15) is 43.0 Å². The summed E-state index contributed by atoms with van der Waals surface area (Å²) in [6.07, 6.45) is 2.03. The molecule has 7 heteroatoms. The molecule has 0 saturated heterocycles. The lowest BCUT2D eigenvalue weighted by atomic mass is 9.87. The number of carboxylic acids is 1. The van der Waals surface area contributed by atoms with Gasteiger partial charge in [-0.3, -0.25) is 4.79 Å². The van der Waals surface area contributed by atoms with Crippen LogP contribution in [-0.2, 0) is 9.53 Å². The second-order valence-electron chi connectivity index (χ2n) is 5.41. The highest BCUT2D eigenvalue weighted by atomic mass is 19.1. The van der Waals surface area contributed by atoms with E-state index in [0.717, 1.165) is 12.1 Å². The molecule has 1 N–H and O–H groups in total. The molecule has 0 unspecified atom stereocenters. The number of hydrogen-bond donors (Lipinski definition) is 1. The fourth-order valence-corrected chi connectivity index (χ4v) is 2.69. The number of carboxylic acid groups (broad SMARTS) is 1. The zero-order valence-corrected chi connectivity index (χ0v) is 12.7. The van der Waals surface area contributed by atoms with E-state index in [4.69, 9.17) is 14.6 Å². The maximum Gasteiger partial charge on any atom is 0.341 e. The second kappa shape index (κ2) is 7.39. The van der Waals surface area contributed by atoms with Gasteiger partial charge in [0.1, 0.15) is 22.9 Å². The van der Waals surface area contributed by atoms with Crippen LogP contribution < -0.4 is 4.74 Å². The van der Waals surface area contributed by atoms with Gasteiger partial charge in [-0.05, 0) is 32.6 Å². The van der Waals surface area contributed by atoms with Crippen LogP contribution in [0.15, 0.2) is 12.1 Å². The third kappa shape index (κ3) is 4.18. The molecule has 1 aliphatic carbocycles. The molecule has 0 heterocycles. The van der Waals surface area contributed by atoms with E-state index in [1.807, 2.05) is 0 Å². The van der Waals surface area contributed by atoms with E-state index in [9.17, 15) is 18.4 Å². The fraction of sp³-hybridized carbons (Fsp3) is 0.500. The SMILES string of the molecule is CCOC(=O)[C@H]1CC[C@@H](Oc2cc(F)c(C(=O)O)c(F)c2)CC1. The molecule has 1 aromatic carbocycles. The van der Waals surface area contributed by atoms with Gasteiger partial charge in [0.15, 0.2) is 0 Å². The van der Waals surface area contributed by atoms with Crippen LogP contribution in [0, 0.1) is 17.6 Å². The molecule has 1 aromatic rings. The number of ether oxygens (including phenoxy) is 2. The van der Waals surface area contributed by atoms with Gasteiger partial charge in [-0.15, -0.1) is 0 Å². The van der Waals surface area contributed by atoms with Crippen LogP contribution in [0.25, 0.3) is 0 Å². The summed E-state index contributed by atoms with van der Waals surface area (Å²) in [7, 11) is 0. The van der Waals surface area contributed by atoms with E-state index in [-0.39, 0.29) is 23.7 Å². The van der Waals surface area contributed by atoms with E-state index < -0.39 is 23.2 Å². The van der Waals surface area contributed by atoms with Crippen LogP contribution in [0.5, 0.6) is 5.75 Å². The van der Waals surface area contributed by atoms with Gasteiger partial charge in [0.2, 0.25) is 0 Å². The van der Waals surface area contributed by atoms with Crippen molar-refractivity contribution in [3.05, 3.63) is 29.3 Å². The molecule has 5 nitrogen and oxygen atoms in total. The van der Waals surface area contributed by atoms with Crippen molar-refractivity contribution in [1.82, 2.24) is 0 Å². The minimum Gasteiger partial charge on any atom is -0.490 e. The average Bonchev–Trinajstić information content (AvgIpc) is 2.47. The third-order valence-corrected chi connectivity index (χ3v) is 3.83. The number of rotatable bonds is 5. The predicted octanol–water partition coefficient (Wildman–Crippen LogP) is 3.16. The summed E-state index contributed by atoms with van der Waals surface area (Å²) in [6.45, 7) is 2.08. The number of carbonyl (C=O) groups is 2. The summed E-state index contributed by atoms with van der Waals surface area (Å²) in [4.78, 5) is 22.4. The van der Waals surface area contributed by atoms with Gasteiger partial charge in [0, 0.05) is 12.1 Å². The molecule has 0 radical (unpaired) electrons. The van der Waals surface area contributed by atoms with E-state index in [0.29, 0.717) is 32.3 Å². The Labute approximate surface area is 132 Å². The molecule has 126 valence electrons. The van der Waals surface area contributed by atoms with Crippen LogP contribution in [-0.4, -0.2) is 29.8 Å². The summed E-state index contributed by atoms with van der Waals surface area (Å²) in [6, 6.07) is 1.73. The van der Waals surface area contributed by atoms with Gasteiger partial charge in [0.05, 0.1) is 18.6 Å². The first-order chi connectivity index (χ1) is 10.9. The van der Waals surface area contributed by atoms with E-state index in [1.165, 1.54) is 0 Å². The molecule has 0 amide bonds. The summed E-state index contributed by atoms with van der Waals surface area (Å²) >= 11 is 0. The molecule has 1 aliphatic rings.